The summed E-state index contributed by atoms with van der Waals surface area (Å²) in [6.45, 7) is 11.2. The summed E-state index contributed by atoms with van der Waals surface area (Å²) in [7, 11) is 0. The molecule has 0 aromatic heterocycles. The third kappa shape index (κ3) is 5.14. The Bertz CT molecular complexity index is 1920. The van der Waals surface area contributed by atoms with Crippen LogP contribution in [0.25, 0.3) is 0 Å². The van der Waals surface area contributed by atoms with Crippen molar-refractivity contribution in [1.29, 1.82) is 0 Å². The van der Waals surface area contributed by atoms with Crippen LogP contribution in [-0.4, -0.2) is 52.1 Å². The minimum Gasteiger partial charge on any atom is -0.376 e. The molecule has 4 nitrogen and oxygen atoms in total. The Balaban J connectivity index is 0.811. The number of hydrogen-bond donors (Lipinski definition) is 3. The van der Waals surface area contributed by atoms with Gasteiger partial charge in [-0.05, 0) is 178 Å². The number of thiocarbonyl (C=S) groups is 2. The van der Waals surface area contributed by atoms with E-state index >= 15 is 0 Å². The fourth-order valence-corrected chi connectivity index (χ4v) is 20.6. The molecule has 8 bridgehead atoms. The van der Waals surface area contributed by atoms with E-state index in [0.29, 0.717) is 57.5 Å². The molecule has 12 fully saturated rings. The lowest BCUT2D eigenvalue weighted by Crippen LogP contribution is -2.70. The second-order valence-electron chi connectivity index (χ2n) is 24.2. The molecule has 2 heterocycles. The summed E-state index contributed by atoms with van der Waals surface area (Å²) in [4.78, 5) is 5.48. The minimum atomic E-state index is 0.130. The molecule has 4 N–H and O–H groups in total. The molecule has 306 valence electrons. The van der Waals surface area contributed by atoms with Gasteiger partial charge in [-0.2, -0.15) is 0 Å². The van der Waals surface area contributed by atoms with Gasteiger partial charge in [-0.1, -0.05) is 99.8 Å². The molecule has 2 saturated heterocycles. The Labute approximate surface area is 354 Å². The van der Waals surface area contributed by atoms with Crippen molar-refractivity contribution < 1.29 is 0 Å². The first kappa shape index (κ1) is 37.2. The normalized spacial score (nSPS) is 54.6. The first-order valence-corrected chi connectivity index (χ1v) is 24.6. The fraction of sp³-hybridized carbons (Fsp3) is 0.765. The third-order valence-electron chi connectivity index (χ3n) is 20.5. The zero-order valence-electron chi connectivity index (χ0n) is 35.2. The number of benzene rings is 1. The van der Waals surface area contributed by atoms with Crippen molar-refractivity contribution >= 4 is 34.4 Å². The summed E-state index contributed by atoms with van der Waals surface area (Å²) in [5.74, 6) is 5.86. The van der Waals surface area contributed by atoms with Gasteiger partial charge in [-0.15, -0.1) is 0 Å². The minimum absolute atomic E-state index is 0.130. The van der Waals surface area contributed by atoms with Gasteiger partial charge >= 0.3 is 0 Å². The molecule has 10 unspecified atom stereocenters. The Hall–Kier alpha value is -1.60. The number of nitrogens with one attached hydrogen (secondary N) is 2. The lowest BCUT2D eigenvalue weighted by Gasteiger charge is -2.71. The Kier molecular flexibility index (Phi) is 8.01. The second-order valence-corrected chi connectivity index (χ2v) is 25.0. The molecule has 2 aliphatic heterocycles. The average molecular weight is 803 g/mol. The number of nitrogens with zero attached hydrogens (tertiary/aromatic N) is 1. The lowest BCUT2D eigenvalue weighted by atomic mass is 9.33. The van der Waals surface area contributed by atoms with E-state index in [-0.39, 0.29) is 16.2 Å². The van der Waals surface area contributed by atoms with Crippen LogP contribution in [0.5, 0.6) is 0 Å². The zero-order valence-corrected chi connectivity index (χ0v) is 36.9. The summed E-state index contributed by atoms with van der Waals surface area (Å²) in [5, 5.41) is 8.39. The van der Waals surface area contributed by atoms with E-state index in [1.54, 1.807) is 5.56 Å². The van der Waals surface area contributed by atoms with E-state index in [2.05, 4.69) is 90.9 Å². The van der Waals surface area contributed by atoms with Crippen molar-refractivity contribution in [3.63, 3.8) is 0 Å². The van der Waals surface area contributed by atoms with Crippen molar-refractivity contribution in [3.8, 4) is 0 Å². The predicted molar refractivity (Wildman–Crippen MR) is 240 cm³/mol. The van der Waals surface area contributed by atoms with Gasteiger partial charge in [0, 0.05) is 40.9 Å². The van der Waals surface area contributed by atoms with Crippen molar-refractivity contribution in [2.75, 3.05) is 19.6 Å². The lowest BCUT2D eigenvalue weighted by molar-refractivity contribution is -0.161. The summed E-state index contributed by atoms with van der Waals surface area (Å²) < 4.78 is 0. The van der Waals surface area contributed by atoms with Gasteiger partial charge in [-0.3, -0.25) is 4.90 Å². The average Bonchev–Trinajstić information content (AvgIpc) is 3.90. The van der Waals surface area contributed by atoms with Crippen LogP contribution in [0.2, 0.25) is 0 Å². The Morgan fingerprint density at radius 3 is 2.25 bits per heavy atom. The van der Waals surface area contributed by atoms with Gasteiger partial charge in [0.2, 0.25) is 0 Å². The van der Waals surface area contributed by atoms with Crippen molar-refractivity contribution in [2.45, 2.75) is 147 Å². The molecule has 6 heteroatoms. The summed E-state index contributed by atoms with van der Waals surface area (Å²) in [6, 6.07) is 13.0. The SMILES string of the molecule is CC1C=CC=CC1[C@]12CC3CC(C(=S)N[C@H]4CN5CC(C6[C@@]7(C)CC8CC(C(=S)N[C@H]9CC[C@H](CN)CC9)(C7)C[C@@]6(c6ccccc6)C8)C6CC645)(C[C@](C)(C3)C1)C2. The number of hydrogen-bond acceptors (Lipinski definition) is 4. The van der Waals surface area contributed by atoms with Gasteiger partial charge in [0.15, 0.2) is 0 Å². The number of rotatable bonds is 8. The maximum absolute atomic E-state index is 6.74. The highest BCUT2D eigenvalue weighted by molar-refractivity contribution is 7.80. The quantitative estimate of drug-likeness (QED) is 0.228. The van der Waals surface area contributed by atoms with Gasteiger partial charge in [0.1, 0.15) is 0 Å². The first-order valence-electron chi connectivity index (χ1n) is 23.8. The van der Waals surface area contributed by atoms with Crippen LogP contribution in [0.4, 0.5) is 0 Å². The Morgan fingerprint density at radius 1 is 0.772 bits per heavy atom. The van der Waals surface area contributed by atoms with Crippen LogP contribution >= 0.6 is 24.4 Å². The van der Waals surface area contributed by atoms with Crippen molar-refractivity contribution in [3.05, 3.63) is 60.2 Å². The summed E-state index contributed by atoms with van der Waals surface area (Å²) in [5.41, 5.74) is 9.74. The standard InChI is InChI=1S/C51H70N4S2/c1-32-9-7-8-12-39(32)47-19-34-17-45(2,27-47)28-48(20-34,30-47)44(57)54-41-26-55-25-38(40-23-51(40,41)55)42-46(3)18-35-21-49(29-46,31-50(42,22-35)36-10-5-4-6-11-36)43(56)53-37-15-13-33(24-52)14-16-37/h4-12,32-35,37-42H,13-31,52H2,1-3H3,(H,53,56)(H,54,57)/t32?,33-,34?,35?,37-,38?,39?,40?,41-,42?,45+,46-,47+,48?,49?,50+,51?/m0/s1. The number of piperidine rings is 1. The molecular weight excluding hydrogens is 733 g/mol. The molecule has 0 amide bonds. The summed E-state index contributed by atoms with van der Waals surface area (Å²) >= 11 is 13.4. The molecule has 0 radical (unpaired) electrons. The maximum Gasteiger partial charge on any atom is 0.0819 e. The van der Waals surface area contributed by atoms with E-state index < -0.39 is 0 Å². The van der Waals surface area contributed by atoms with Gasteiger partial charge in [-0.25, -0.2) is 0 Å². The molecule has 14 rings (SSSR count). The van der Waals surface area contributed by atoms with Gasteiger partial charge in [0.05, 0.1) is 16.0 Å². The maximum atomic E-state index is 6.74. The predicted octanol–water partition coefficient (Wildman–Crippen LogP) is 9.92. The van der Waals surface area contributed by atoms with E-state index in [0.717, 1.165) is 30.2 Å². The Morgan fingerprint density at radius 2 is 1.51 bits per heavy atom. The molecule has 1 aromatic rings. The molecule has 1 spiro atoms. The molecule has 11 aliphatic carbocycles. The molecule has 10 saturated carbocycles. The smallest absolute Gasteiger partial charge is 0.0819 e. The second kappa shape index (κ2) is 12.3. The summed E-state index contributed by atoms with van der Waals surface area (Å²) in [6.07, 6.45) is 30.9. The molecule has 1 aromatic carbocycles. The highest BCUT2D eigenvalue weighted by Crippen LogP contribution is 2.79. The van der Waals surface area contributed by atoms with Crippen LogP contribution in [0.1, 0.15) is 129 Å². The fourth-order valence-electron chi connectivity index (χ4n) is 19.8. The largest absolute Gasteiger partial charge is 0.376 e. The highest BCUT2D eigenvalue weighted by Gasteiger charge is 2.80. The topological polar surface area (TPSA) is 53.3 Å². The van der Waals surface area contributed by atoms with Crippen LogP contribution in [-0.2, 0) is 5.41 Å². The van der Waals surface area contributed by atoms with Crippen LogP contribution in [0.3, 0.4) is 0 Å². The van der Waals surface area contributed by atoms with E-state index in [1.807, 2.05) is 0 Å². The van der Waals surface area contributed by atoms with Gasteiger partial charge < -0.3 is 16.4 Å². The van der Waals surface area contributed by atoms with Crippen LogP contribution in [0, 0.1) is 74.4 Å². The molecular formula is C51H70N4S2. The molecule has 15 atom stereocenters. The van der Waals surface area contributed by atoms with Crippen LogP contribution in [0.15, 0.2) is 54.6 Å². The zero-order chi connectivity index (χ0) is 38.8. The van der Waals surface area contributed by atoms with E-state index in [1.165, 1.54) is 126 Å². The first-order chi connectivity index (χ1) is 27.3. The third-order valence-corrected chi connectivity index (χ3v) is 21.6. The van der Waals surface area contributed by atoms with Gasteiger partial charge in [0.25, 0.3) is 0 Å². The monoisotopic (exact) mass is 803 g/mol. The van der Waals surface area contributed by atoms with Crippen LogP contribution < -0.4 is 16.4 Å². The number of nitrogens with two attached hydrogens (primary N) is 1. The van der Waals surface area contributed by atoms with Crippen molar-refractivity contribution in [1.82, 2.24) is 15.5 Å². The molecule has 57 heavy (non-hydrogen) atoms. The number of allylic oxidation sites excluding steroid dienone is 4. The molecule has 13 aliphatic rings. The van der Waals surface area contributed by atoms with E-state index in [4.69, 9.17) is 30.2 Å². The van der Waals surface area contributed by atoms with E-state index in [9.17, 15) is 0 Å². The highest BCUT2D eigenvalue weighted by atomic mass is 32.1. The van der Waals surface area contributed by atoms with Crippen molar-refractivity contribution in [2.24, 2.45) is 80.2 Å².